The number of anilines is 1. The first-order valence-electron chi connectivity index (χ1n) is 10.5. The zero-order chi connectivity index (χ0) is 23.0. The normalized spacial score (nSPS) is 12.4. The van der Waals surface area contributed by atoms with Crippen LogP contribution in [0.2, 0.25) is 0 Å². The Labute approximate surface area is 185 Å². The lowest BCUT2D eigenvalue weighted by molar-refractivity contribution is -0.141. The minimum atomic E-state index is -3.65. The first kappa shape index (κ1) is 24.6. The van der Waals surface area contributed by atoms with Gasteiger partial charge in [-0.05, 0) is 66.5 Å². The first-order valence-corrected chi connectivity index (χ1v) is 12.0. The highest BCUT2D eigenvalue weighted by Crippen LogP contribution is 2.24. The molecular formula is C24H32N2O4S. The van der Waals surface area contributed by atoms with E-state index in [1.807, 2.05) is 31.2 Å². The Morgan fingerprint density at radius 2 is 1.58 bits per heavy atom. The summed E-state index contributed by atoms with van der Waals surface area (Å²) in [6, 6.07) is 14.2. The highest BCUT2D eigenvalue weighted by atomic mass is 32.2. The van der Waals surface area contributed by atoms with Crippen molar-refractivity contribution >= 4 is 27.4 Å². The number of sulfonamides is 1. The predicted molar refractivity (Wildman–Crippen MR) is 124 cm³/mol. The molecule has 2 aromatic rings. The number of ether oxygens (including phenoxy) is 1. The van der Waals surface area contributed by atoms with Gasteiger partial charge >= 0.3 is 5.97 Å². The Morgan fingerprint density at radius 1 is 1.00 bits per heavy atom. The van der Waals surface area contributed by atoms with E-state index in [9.17, 15) is 13.2 Å². The lowest BCUT2D eigenvalue weighted by Crippen LogP contribution is -2.13. The van der Waals surface area contributed by atoms with Crippen molar-refractivity contribution in [3.05, 3.63) is 59.7 Å². The molecule has 0 radical (unpaired) electrons. The number of carbonyl (C=O) groups excluding carboxylic acids is 1. The van der Waals surface area contributed by atoms with Gasteiger partial charge in [-0.15, -0.1) is 0 Å². The van der Waals surface area contributed by atoms with E-state index in [0.717, 1.165) is 11.1 Å². The molecule has 0 spiro atoms. The van der Waals surface area contributed by atoms with E-state index in [-0.39, 0.29) is 16.8 Å². The molecule has 7 heteroatoms. The fourth-order valence-corrected chi connectivity index (χ4v) is 4.28. The Morgan fingerprint density at radius 3 is 2.13 bits per heavy atom. The van der Waals surface area contributed by atoms with Crippen molar-refractivity contribution < 1.29 is 17.9 Å². The van der Waals surface area contributed by atoms with Crippen LogP contribution in [0.3, 0.4) is 0 Å². The van der Waals surface area contributed by atoms with E-state index in [0.29, 0.717) is 43.2 Å². The molecule has 168 valence electrons. The summed E-state index contributed by atoms with van der Waals surface area (Å²) in [5.41, 5.74) is 3.23. The summed E-state index contributed by atoms with van der Waals surface area (Å²) in [5.74, 6) is 0.174. The molecule has 0 fully saturated rings. The summed E-state index contributed by atoms with van der Waals surface area (Å²) in [6.07, 6.45) is 1.84. The van der Waals surface area contributed by atoms with Gasteiger partial charge in [0, 0.05) is 18.3 Å². The molecule has 2 N–H and O–H groups in total. The number of hydrogen-bond donors (Lipinski definition) is 2. The highest BCUT2D eigenvalue weighted by Gasteiger charge is 2.15. The van der Waals surface area contributed by atoms with Crippen LogP contribution in [-0.4, -0.2) is 26.7 Å². The average Bonchev–Trinajstić information content (AvgIpc) is 2.71. The summed E-state index contributed by atoms with van der Waals surface area (Å²) in [4.78, 5) is 11.0. The van der Waals surface area contributed by atoms with Crippen LogP contribution in [0.4, 0.5) is 5.69 Å². The molecule has 0 heterocycles. The SMILES string of the molecule is CC(=O)OCCCC(=N)C[C@H](C)c1ccc(NS(=O)(=O)c2ccc(C(C)C)cc2)cc1. The Bertz CT molecular complexity index is 981. The fraction of sp³-hybridized carbons (Fsp3) is 0.417. The smallest absolute Gasteiger partial charge is 0.302 e. The highest BCUT2D eigenvalue weighted by molar-refractivity contribution is 7.92. The number of esters is 1. The van der Waals surface area contributed by atoms with Crippen molar-refractivity contribution in [2.75, 3.05) is 11.3 Å². The molecule has 0 saturated carbocycles. The molecule has 0 saturated heterocycles. The van der Waals surface area contributed by atoms with Crippen LogP contribution in [0.5, 0.6) is 0 Å². The number of rotatable bonds is 11. The summed E-state index contributed by atoms with van der Waals surface area (Å²) in [7, 11) is -3.65. The zero-order valence-corrected chi connectivity index (χ0v) is 19.5. The maximum Gasteiger partial charge on any atom is 0.302 e. The number of hydrogen-bond acceptors (Lipinski definition) is 5. The quantitative estimate of drug-likeness (QED) is 0.273. The molecule has 0 bridgehead atoms. The van der Waals surface area contributed by atoms with Crippen molar-refractivity contribution in [3.8, 4) is 0 Å². The van der Waals surface area contributed by atoms with Crippen molar-refractivity contribution in [2.45, 2.75) is 63.7 Å². The molecule has 2 aromatic carbocycles. The molecule has 31 heavy (non-hydrogen) atoms. The zero-order valence-electron chi connectivity index (χ0n) is 18.6. The van der Waals surface area contributed by atoms with Crippen LogP contribution in [0.1, 0.15) is 69.9 Å². The van der Waals surface area contributed by atoms with Crippen molar-refractivity contribution in [3.63, 3.8) is 0 Å². The second-order valence-electron chi connectivity index (χ2n) is 8.10. The molecule has 1 atom stereocenters. The van der Waals surface area contributed by atoms with Gasteiger partial charge in [-0.3, -0.25) is 9.52 Å². The molecule has 6 nitrogen and oxygen atoms in total. The first-order chi connectivity index (χ1) is 14.6. The van der Waals surface area contributed by atoms with Crippen LogP contribution < -0.4 is 4.72 Å². The van der Waals surface area contributed by atoms with E-state index in [2.05, 4.69) is 18.6 Å². The molecule has 0 amide bonds. The van der Waals surface area contributed by atoms with Crippen LogP contribution in [0.25, 0.3) is 0 Å². The van der Waals surface area contributed by atoms with Gasteiger partial charge in [-0.2, -0.15) is 0 Å². The van der Waals surface area contributed by atoms with Gasteiger partial charge in [0.2, 0.25) is 0 Å². The third-order valence-electron chi connectivity index (χ3n) is 5.07. The van der Waals surface area contributed by atoms with Gasteiger partial charge in [-0.25, -0.2) is 8.42 Å². The summed E-state index contributed by atoms with van der Waals surface area (Å²) in [5, 5.41) is 8.12. The maximum atomic E-state index is 12.6. The van der Waals surface area contributed by atoms with Crippen molar-refractivity contribution in [1.29, 1.82) is 5.41 Å². The van der Waals surface area contributed by atoms with E-state index in [1.165, 1.54) is 6.92 Å². The minimum absolute atomic E-state index is 0.135. The molecule has 0 unspecified atom stereocenters. The number of carbonyl (C=O) groups is 1. The van der Waals surface area contributed by atoms with Crippen LogP contribution in [0.15, 0.2) is 53.4 Å². The topological polar surface area (TPSA) is 96.3 Å². The summed E-state index contributed by atoms with van der Waals surface area (Å²) < 4.78 is 32.8. The second-order valence-corrected chi connectivity index (χ2v) is 9.79. The largest absolute Gasteiger partial charge is 0.466 e. The number of nitrogens with one attached hydrogen (secondary N) is 2. The second kappa shape index (κ2) is 11.1. The molecule has 2 rings (SSSR count). The molecule has 0 aromatic heterocycles. The molecule has 0 aliphatic heterocycles. The van der Waals surface area contributed by atoms with Gasteiger partial charge in [-0.1, -0.05) is 45.0 Å². The van der Waals surface area contributed by atoms with Crippen molar-refractivity contribution in [1.82, 2.24) is 0 Å². The lowest BCUT2D eigenvalue weighted by Gasteiger charge is -2.14. The Hall–Kier alpha value is -2.67. The molecular weight excluding hydrogens is 412 g/mol. The van der Waals surface area contributed by atoms with Gasteiger partial charge in [0.25, 0.3) is 10.0 Å². The van der Waals surface area contributed by atoms with E-state index >= 15 is 0 Å². The molecule has 0 aliphatic rings. The van der Waals surface area contributed by atoms with Gasteiger partial charge < -0.3 is 10.1 Å². The van der Waals surface area contributed by atoms with Crippen molar-refractivity contribution in [2.24, 2.45) is 0 Å². The lowest BCUT2D eigenvalue weighted by atomic mass is 9.94. The van der Waals surface area contributed by atoms with Gasteiger partial charge in [0.05, 0.1) is 11.5 Å². The predicted octanol–water partition coefficient (Wildman–Crippen LogP) is 5.47. The summed E-state index contributed by atoms with van der Waals surface area (Å²) in [6.45, 7) is 7.88. The third kappa shape index (κ3) is 7.83. The third-order valence-corrected chi connectivity index (χ3v) is 6.47. The van der Waals surface area contributed by atoms with Gasteiger partial charge in [0.15, 0.2) is 0 Å². The van der Waals surface area contributed by atoms with E-state index in [4.69, 9.17) is 10.1 Å². The Kier molecular flexibility index (Phi) is 8.80. The fourth-order valence-electron chi connectivity index (χ4n) is 3.22. The monoisotopic (exact) mass is 444 g/mol. The van der Waals surface area contributed by atoms with E-state index in [1.54, 1.807) is 24.3 Å². The number of benzene rings is 2. The average molecular weight is 445 g/mol. The van der Waals surface area contributed by atoms with Crippen LogP contribution >= 0.6 is 0 Å². The van der Waals surface area contributed by atoms with Crippen LogP contribution in [-0.2, 0) is 19.6 Å². The standard InChI is InChI=1S/C24H32N2O4S/c1-17(2)20-9-13-24(14-10-20)31(28,29)26-23-11-7-21(8-12-23)18(3)16-22(25)6-5-15-30-19(4)27/h7-14,17-18,25-26H,5-6,15-16H2,1-4H3/t18-/m0/s1. The van der Waals surface area contributed by atoms with E-state index < -0.39 is 10.0 Å². The molecule has 0 aliphatic carbocycles. The minimum Gasteiger partial charge on any atom is -0.466 e. The van der Waals surface area contributed by atoms with Crippen LogP contribution in [0, 0.1) is 5.41 Å². The van der Waals surface area contributed by atoms with Gasteiger partial charge in [0.1, 0.15) is 0 Å². The summed E-state index contributed by atoms with van der Waals surface area (Å²) >= 11 is 0. The Balaban J connectivity index is 1.93. The maximum absolute atomic E-state index is 12.6.